The second-order valence-corrected chi connectivity index (χ2v) is 9.70. The number of hydrogen-bond donors (Lipinski definition) is 1. The van der Waals surface area contributed by atoms with Crippen LogP contribution >= 0.6 is 22.7 Å². The van der Waals surface area contributed by atoms with E-state index in [4.69, 9.17) is 9.84 Å². The lowest BCUT2D eigenvalue weighted by atomic mass is 10.1. The molecule has 10 heteroatoms. The molecule has 0 bridgehead atoms. The number of benzene rings is 2. The minimum atomic E-state index is -4.38. The molecule has 0 aliphatic rings. The Balaban J connectivity index is 1.54. The van der Waals surface area contributed by atoms with Crippen molar-refractivity contribution in [3.8, 4) is 16.3 Å². The maximum atomic E-state index is 12.8. The number of halogens is 3. The van der Waals surface area contributed by atoms with Crippen molar-refractivity contribution in [2.24, 2.45) is 0 Å². The van der Waals surface area contributed by atoms with E-state index in [0.29, 0.717) is 28.3 Å². The van der Waals surface area contributed by atoms with Crippen LogP contribution in [0.3, 0.4) is 0 Å². The molecule has 0 radical (unpaired) electrons. The SMILES string of the molecule is Cc1cc(OCc2sc(-c3ccc(C(F)(F)F)cc3)nc2C)c2nc(CCC(=O)O)sc2c1. The van der Waals surface area contributed by atoms with E-state index in [0.717, 1.165) is 38.0 Å². The van der Waals surface area contributed by atoms with Crippen molar-refractivity contribution in [1.82, 2.24) is 9.97 Å². The van der Waals surface area contributed by atoms with E-state index in [9.17, 15) is 18.0 Å². The van der Waals surface area contributed by atoms with Crippen LogP contribution in [-0.2, 0) is 24.0 Å². The first-order valence-corrected chi connectivity index (χ1v) is 11.6. The van der Waals surface area contributed by atoms with Crippen LogP contribution < -0.4 is 4.74 Å². The Bertz CT molecular complexity index is 1310. The second-order valence-electron chi connectivity index (χ2n) is 7.50. The Morgan fingerprint density at radius 2 is 1.82 bits per heavy atom. The van der Waals surface area contributed by atoms with E-state index < -0.39 is 17.7 Å². The van der Waals surface area contributed by atoms with Gasteiger partial charge in [-0.3, -0.25) is 4.79 Å². The lowest BCUT2D eigenvalue weighted by molar-refractivity contribution is -0.138. The number of ether oxygens (including phenoxy) is 1. The van der Waals surface area contributed by atoms with Gasteiger partial charge in [-0.2, -0.15) is 13.2 Å². The number of nitrogens with zero attached hydrogens (tertiary/aromatic N) is 2. The number of carboxylic acid groups (broad SMARTS) is 1. The average molecular weight is 493 g/mol. The summed E-state index contributed by atoms with van der Waals surface area (Å²) in [6.45, 7) is 4.02. The van der Waals surface area contributed by atoms with Gasteiger partial charge in [0, 0.05) is 12.0 Å². The zero-order chi connectivity index (χ0) is 23.8. The first-order valence-electron chi connectivity index (χ1n) is 9.99. The molecule has 33 heavy (non-hydrogen) atoms. The molecule has 0 fully saturated rings. The molecule has 0 amide bonds. The Labute approximate surface area is 195 Å². The predicted octanol–water partition coefficient (Wildman–Crippen LogP) is 6.65. The Morgan fingerprint density at radius 3 is 2.48 bits per heavy atom. The highest BCUT2D eigenvalue weighted by atomic mass is 32.1. The van der Waals surface area contributed by atoms with Gasteiger partial charge in [0.25, 0.3) is 0 Å². The summed E-state index contributed by atoms with van der Waals surface area (Å²) in [5, 5.41) is 10.3. The summed E-state index contributed by atoms with van der Waals surface area (Å²) < 4.78 is 45.4. The fraction of sp³-hybridized carbons (Fsp3) is 0.261. The monoisotopic (exact) mass is 492 g/mol. The standard InChI is InChI=1S/C23H19F3N2O3S2/c1-12-9-16(21-17(10-12)32-19(28-21)7-8-20(29)30)31-11-18-13(2)27-22(33-18)14-3-5-15(6-4-14)23(24,25)26/h3-6,9-10H,7-8,11H2,1-2H3,(H,29,30). The van der Waals surface area contributed by atoms with Crippen molar-refractivity contribution < 1.29 is 27.8 Å². The molecule has 4 aromatic rings. The molecule has 172 valence electrons. The van der Waals surface area contributed by atoms with Crippen molar-refractivity contribution in [2.45, 2.75) is 39.5 Å². The minimum absolute atomic E-state index is 0.0157. The number of aryl methyl sites for hydroxylation is 3. The van der Waals surface area contributed by atoms with Crippen molar-refractivity contribution in [3.63, 3.8) is 0 Å². The van der Waals surface area contributed by atoms with E-state index >= 15 is 0 Å². The van der Waals surface area contributed by atoms with E-state index in [-0.39, 0.29) is 13.0 Å². The third-order valence-electron chi connectivity index (χ3n) is 4.91. The molecule has 2 aromatic carbocycles. The van der Waals surface area contributed by atoms with Crippen LogP contribution in [0.1, 0.15) is 33.1 Å². The van der Waals surface area contributed by atoms with Crippen LogP contribution in [0.25, 0.3) is 20.8 Å². The highest BCUT2D eigenvalue weighted by Gasteiger charge is 2.30. The Hall–Kier alpha value is -2.98. The van der Waals surface area contributed by atoms with Crippen LogP contribution in [0.4, 0.5) is 13.2 Å². The number of rotatable bonds is 7. The van der Waals surface area contributed by atoms with Crippen molar-refractivity contribution in [3.05, 3.63) is 63.1 Å². The van der Waals surface area contributed by atoms with Gasteiger partial charge in [0.05, 0.1) is 32.3 Å². The fourth-order valence-corrected chi connectivity index (χ4v) is 5.30. The minimum Gasteiger partial charge on any atom is -0.486 e. The van der Waals surface area contributed by atoms with Gasteiger partial charge in [-0.15, -0.1) is 22.7 Å². The molecule has 0 saturated heterocycles. The number of alkyl halides is 3. The number of aromatic nitrogens is 2. The van der Waals surface area contributed by atoms with Crippen LogP contribution in [0, 0.1) is 13.8 Å². The van der Waals surface area contributed by atoms with Crippen LogP contribution in [-0.4, -0.2) is 21.0 Å². The third kappa shape index (κ3) is 5.33. The number of carboxylic acids is 1. The molecule has 4 rings (SSSR count). The van der Waals surface area contributed by atoms with Gasteiger partial charge in [0.15, 0.2) is 0 Å². The molecule has 5 nitrogen and oxygen atoms in total. The van der Waals surface area contributed by atoms with Crippen LogP contribution in [0.2, 0.25) is 0 Å². The average Bonchev–Trinajstić information content (AvgIpc) is 3.33. The smallest absolute Gasteiger partial charge is 0.416 e. The maximum Gasteiger partial charge on any atom is 0.416 e. The first-order chi connectivity index (χ1) is 15.6. The van der Waals surface area contributed by atoms with E-state index in [1.165, 1.54) is 34.8 Å². The van der Waals surface area contributed by atoms with Gasteiger partial charge in [0.2, 0.25) is 0 Å². The summed E-state index contributed by atoms with van der Waals surface area (Å²) in [6.07, 6.45) is -4.00. The molecule has 0 unspecified atom stereocenters. The highest BCUT2D eigenvalue weighted by Crippen LogP contribution is 2.35. The Kier molecular flexibility index (Phi) is 6.40. The number of carbonyl (C=O) groups is 1. The molecule has 0 aliphatic heterocycles. The predicted molar refractivity (Wildman–Crippen MR) is 122 cm³/mol. The molecule has 0 spiro atoms. The van der Waals surface area contributed by atoms with Crippen molar-refractivity contribution >= 4 is 38.9 Å². The molecule has 2 heterocycles. The first kappa shape index (κ1) is 23.2. The van der Waals surface area contributed by atoms with Crippen LogP contribution in [0.15, 0.2) is 36.4 Å². The second kappa shape index (κ2) is 9.11. The summed E-state index contributed by atoms with van der Waals surface area (Å²) in [5.41, 5.74) is 2.35. The quantitative estimate of drug-likeness (QED) is 0.313. The van der Waals surface area contributed by atoms with Gasteiger partial charge in [-0.25, -0.2) is 9.97 Å². The molecule has 1 N–H and O–H groups in total. The number of fused-ring (bicyclic) bond motifs is 1. The fourth-order valence-electron chi connectivity index (χ4n) is 3.24. The zero-order valence-corrected chi connectivity index (χ0v) is 19.3. The normalized spacial score (nSPS) is 11.8. The number of thiazole rings is 2. The number of aliphatic carboxylic acids is 1. The van der Waals surface area contributed by atoms with Gasteiger partial charge < -0.3 is 9.84 Å². The molecular formula is C23H19F3N2O3S2. The zero-order valence-electron chi connectivity index (χ0n) is 17.7. The lowest BCUT2D eigenvalue weighted by Gasteiger charge is -2.07. The number of hydrogen-bond acceptors (Lipinski definition) is 6. The van der Waals surface area contributed by atoms with E-state index in [1.807, 2.05) is 26.0 Å². The molecule has 0 aliphatic carbocycles. The van der Waals surface area contributed by atoms with Gasteiger partial charge >= 0.3 is 12.1 Å². The van der Waals surface area contributed by atoms with Crippen molar-refractivity contribution in [2.75, 3.05) is 0 Å². The summed E-state index contributed by atoms with van der Waals surface area (Å²) in [5.74, 6) is -0.266. The summed E-state index contributed by atoms with van der Waals surface area (Å²) >= 11 is 2.82. The summed E-state index contributed by atoms with van der Waals surface area (Å²) in [4.78, 5) is 20.8. The van der Waals surface area contributed by atoms with Crippen LogP contribution in [0.5, 0.6) is 5.75 Å². The molecular weight excluding hydrogens is 473 g/mol. The molecule has 2 aromatic heterocycles. The molecule has 0 saturated carbocycles. The van der Waals surface area contributed by atoms with Gasteiger partial charge in [0.1, 0.15) is 22.9 Å². The topological polar surface area (TPSA) is 72.3 Å². The highest BCUT2D eigenvalue weighted by molar-refractivity contribution is 7.18. The van der Waals surface area contributed by atoms with Gasteiger partial charge in [-0.1, -0.05) is 12.1 Å². The van der Waals surface area contributed by atoms with Crippen molar-refractivity contribution in [1.29, 1.82) is 0 Å². The van der Waals surface area contributed by atoms with Gasteiger partial charge in [-0.05, 0) is 43.7 Å². The summed E-state index contributed by atoms with van der Waals surface area (Å²) in [6, 6.07) is 8.82. The summed E-state index contributed by atoms with van der Waals surface area (Å²) in [7, 11) is 0. The lowest BCUT2D eigenvalue weighted by Crippen LogP contribution is -2.03. The van der Waals surface area contributed by atoms with E-state index in [1.54, 1.807) is 0 Å². The Morgan fingerprint density at radius 1 is 1.09 bits per heavy atom. The third-order valence-corrected chi connectivity index (χ3v) is 7.15. The maximum absolute atomic E-state index is 12.8. The molecule has 0 atom stereocenters. The van der Waals surface area contributed by atoms with E-state index in [2.05, 4.69) is 9.97 Å². The largest absolute Gasteiger partial charge is 0.486 e.